The van der Waals surface area contributed by atoms with Gasteiger partial charge in [-0.2, -0.15) is 0 Å². The summed E-state index contributed by atoms with van der Waals surface area (Å²) in [5.74, 6) is 1.75. The van der Waals surface area contributed by atoms with Crippen LogP contribution in [0.25, 0.3) is 0 Å². The first-order chi connectivity index (χ1) is 10.1. The molecule has 0 radical (unpaired) electrons. The maximum atomic E-state index is 11.9. The maximum absolute atomic E-state index is 11.9. The van der Waals surface area contributed by atoms with Crippen molar-refractivity contribution in [2.24, 2.45) is 5.92 Å². The Labute approximate surface area is 131 Å². The van der Waals surface area contributed by atoms with Crippen molar-refractivity contribution in [3.05, 3.63) is 29.3 Å². The Hall–Kier alpha value is -1.26. The molecule has 1 N–H and O–H groups in total. The Bertz CT molecular complexity index is 446. The Morgan fingerprint density at radius 1 is 1.38 bits per heavy atom. The van der Waals surface area contributed by atoms with Gasteiger partial charge >= 0.3 is 0 Å². The topological polar surface area (TPSA) is 41.6 Å². The number of nitrogens with zero attached hydrogens (tertiary/aromatic N) is 1. The van der Waals surface area contributed by atoms with E-state index < -0.39 is 0 Å². The van der Waals surface area contributed by atoms with Gasteiger partial charge in [-0.05, 0) is 56.0 Å². The molecule has 1 aliphatic rings. The van der Waals surface area contributed by atoms with Gasteiger partial charge in [-0.3, -0.25) is 4.79 Å². The van der Waals surface area contributed by atoms with Crippen LogP contribution < -0.4 is 10.1 Å². The van der Waals surface area contributed by atoms with E-state index in [0.717, 1.165) is 24.6 Å². The van der Waals surface area contributed by atoms with Gasteiger partial charge in [0, 0.05) is 18.6 Å². The lowest BCUT2D eigenvalue weighted by molar-refractivity contribution is -0.129. The number of hydrogen-bond donors (Lipinski definition) is 1. The highest BCUT2D eigenvalue weighted by atomic mass is 35.5. The highest BCUT2D eigenvalue weighted by Gasteiger charge is 2.20. The quantitative estimate of drug-likeness (QED) is 0.713. The van der Waals surface area contributed by atoms with E-state index >= 15 is 0 Å². The number of amides is 1. The van der Waals surface area contributed by atoms with E-state index in [1.54, 1.807) is 17.0 Å². The van der Waals surface area contributed by atoms with Crippen molar-refractivity contribution in [3.63, 3.8) is 0 Å². The second-order valence-electron chi connectivity index (χ2n) is 5.55. The first kappa shape index (κ1) is 16.1. The molecule has 1 fully saturated rings. The number of ether oxygens (including phenoxy) is 1. The van der Waals surface area contributed by atoms with Crippen molar-refractivity contribution < 1.29 is 9.53 Å². The predicted octanol–water partition coefficient (Wildman–Crippen LogP) is 2.57. The number of carbonyl (C=O) groups excluding carboxylic acids is 1. The Balaban J connectivity index is 1.54. The van der Waals surface area contributed by atoms with Crippen molar-refractivity contribution in [3.8, 4) is 5.75 Å². The number of carbonyl (C=O) groups is 1. The molecule has 0 heterocycles. The minimum atomic E-state index is 0.141. The average Bonchev–Trinajstić information content (AvgIpc) is 3.29. The van der Waals surface area contributed by atoms with E-state index in [1.807, 2.05) is 19.2 Å². The van der Waals surface area contributed by atoms with Gasteiger partial charge in [0.05, 0.1) is 13.2 Å². The Morgan fingerprint density at radius 3 is 2.76 bits per heavy atom. The summed E-state index contributed by atoms with van der Waals surface area (Å²) in [5, 5.41) is 3.91. The molecule has 5 heteroatoms. The Kier molecular flexibility index (Phi) is 6.33. The summed E-state index contributed by atoms with van der Waals surface area (Å²) in [6, 6.07) is 7.30. The first-order valence-corrected chi connectivity index (χ1v) is 7.86. The minimum absolute atomic E-state index is 0.141. The number of nitrogens with one attached hydrogen (secondary N) is 1. The molecule has 1 aliphatic carbocycles. The number of halogens is 1. The van der Waals surface area contributed by atoms with Gasteiger partial charge in [0.2, 0.25) is 5.91 Å². The third-order valence-electron chi connectivity index (χ3n) is 3.55. The van der Waals surface area contributed by atoms with Crippen LogP contribution >= 0.6 is 11.6 Å². The van der Waals surface area contributed by atoms with Crippen LogP contribution in [0.15, 0.2) is 24.3 Å². The van der Waals surface area contributed by atoms with Crippen LogP contribution in [-0.4, -0.2) is 44.1 Å². The summed E-state index contributed by atoms with van der Waals surface area (Å²) in [5.41, 5.74) is 0. The summed E-state index contributed by atoms with van der Waals surface area (Å²) in [6.45, 7) is 2.70. The molecule has 0 aromatic heterocycles. The van der Waals surface area contributed by atoms with E-state index in [4.69, 9.17) is 16.3 Å². The standard InChI is InChI=1S/C16H23ClN2O2/c1-19(16(20)12-18-11-13-3-4-13)9-2-10-21-15-7-5-14(17)6-8-15/h5-8,13,18H,2-4,9-12H2,1H3. The largest absolute Gasteiger partial charge is 0.494 e. The fraction of sp³-hybridized carbons (Fsp3) is 0.562. The second-order valence-corrected chi connectivity index (χ2v) is 5.98. The molecule has 4 nitrogen and oxygen atoms in total. The zero-order chi connectivity index (χ0) is 15.1. The van der Waals surface area contributed by atoms with Crippen LogP contribution in [0.4, 0.5) is 0 Å². The van der Waals surface area contributed by atoms with E-state index in [2.05, 4.69) is 5.32 Å². The molecule has 0 atom stereocenters. The normalized spacial score (nSPS) is 14.0. The fourth-order valence-electron chi connectivity index (χ4n) is 1.99. The monoisotopic (exact) mass is 310 g/mol. The molecule has 0 unspecified atom stereocenters. The number of rotatable bonds is 9. The first-order valence-electron chi connectivity index (χ1n) is 7.48. The van der Waals surface area contributed by atoms with Crippen LogP contribution in [0.3, 0.4) is 0 Å². The smallest absolute Gasteiger partial charge is 0.236 e. The molecule has 1 aromatic rings. The van der Waals surface area contributed by atoms with Crippen molar-refractivity contribution in [2.75, 3.05) is 33.3 Å². The SMILES string of the molecule is CN(CCCOc1ccc(Cl)cc1)C(=O)CNCC1CC1. The number of likely N-dealkylation sites (N-methyl/N-ethyl adjacent to an activating group) is 1. The maximum Gasteiger partial charge on any atom is 0.236 e. The van der Waals surface area contributed by atoms with Crippen LogP contribution in [-0.2, 0) is 4.79 Å². The summed E-state index contributed by atoms with van der Waals surface area (Å²) < 4.78 is 5.60. The van der Waals surface area contributed by atoms with Crippen LogP contribution in [0.5, 0.6) is 5.75 Å². The zero-order valence-corrected chi connectivity index (χ0v) is 13.2. The molecule has 0 bridgehead atoms. The van der Waals surface area contributed by atoms with Crippen molar-refractivity contribution in [1.29, 1.82) is 0 Å². The summed E-state index contributed by atoms with van der Waals surface area (Å²) in [7, 11) is 1.84. The van der Waals surface area contributed by atoms with Crippen LogP contribution in [0.2, 0.25) is 5.02 Å². The highest BCUT2D eigenvalue weighted by molar-refractivity contribution is 6.30. The second kappa shape index (κ2) is 8.25. The minimum Gasteiger partial charge on any atom is -0.494 e. The van der Waals surface area contributed by atoms with Gasteiger partial charge in [0.25, 0.3) is 0 Å². The highest BCUT2D eigenvalue weighted by Crippen LogP contribution is 2.27. The van der Waals surface area contributed by atoms with Gasteiger partial charge in [-0.25, -0.2) is 0 Å². The molecule has 1 amide bonds. The zero-order valence-electron chi connectivity index (χ0n) is 12.5. The molecule has 0 spiro atoms. The third kappa shape index (κ3) is 6.36. The lowest BCUT2D eigenvalue weighted by Gasteiger charge is -2.17. The van der Waals surface area contributed by atoms with Gasteiger partial charge in [0.1, 0.15) is 5.75 Å². The summed E-state index contributed by atoms with van der Waals surface area (Å²) >= 11 is 5.81. The van der Waals surface area contributed by atoms with E-state index in [9.17, 15) is 4.79 Å². The summed E-state index contributed by atoms with van der Waals surface area (Å²) in [6.07, 6.45) is 3.42. The van der Waals surface area contributed by atoms with E-state index in [1.165, 1.54) is 12.8 Å². The third-order valence-corrected chi connectivity index (χ3v) is 3.80. The number of benzene rings is 1. The molecular formula is C16H23ClN2O2. The average molecular weight is 311 g/mol. The van der Waals surface area contributed by atoms with Crippen molar-refractivity contribution in [1.82, 2.24) is 10.2 Å². The van der Waals surface area contributed by atoms with Gasteiger partial charge in [-0.1, -0.05) is 11.6 Å². The number of hydrogen-bond acceptors (Lipinski definition) is 3. The summed E-state index contributed by atoms with van der Waals surface area (Å²) in [4.78, 5) is 13.6. The van der Waals surface area contributed by atoms with Crippen molar-refractivity contribution in [2.45, 2.75) is 19.3 Å². The van der Waals surface area contributed by atoms with Gasteiger partial charge in [-0.15, -0.1) is 0 Å². The fourth-order valence-corrected chi connectivity index (χ4v) is 2.11. The van der Waals surface area contributed by atoms with Crippen molar-refractivity contribution >= 4 is 17.5 Å². The molecular weight excluding hydrogens is 288 g/mol. The molecule has 0 saturated heterocycles. The molecule has 116 valence electrons. The molecule has 0 aliphatic heterocycles. The lowest BCUT2D eigenvalue weighted by Crippen LogP contribution is -2.37. The van der Waals surface area contributed by atoms with E-state index in [-0.39, 0.29) is 5.91 Å². The predicted molar refractivity (Wildman–Crippen MR) is 84.8 cm³/mol. The molecule has 1 saturated carbocycles. The molecule has 21 heavy (non-hydrogen) atoms. The molecule has 1 aromatic carbocycles. The molecule has 2 rings (SSSR count). The van der Waals surface area contributed by atoms with Crippen LogP contribution in [0, 0.1) is 5.92 Å². The lowest BCUT2D eigenvalue weighted by atomic mass is 10.3. The Morgan fingerprint density at radius 2 is 2.10 bits per heavy atom. The van der Waals surface area contributed by atoms with E-state index in [0.29, 0.717) is 24.7 Å². The van der Waals surface area contributed by atoms with Gasteiger partial charge < -0.3 is 15.0 Å². The van der Waals surface area contributed by atoms with Gasteiger partial charge in [0.15, 0.2) is 0 Å². The van der Waals surface area contributed by atoms with Crippen LogP contribution in [0.1, 0.15) is 19.3 Å².